The molecule has 0 saturated carbocycles. The minimum absolute atomic E-state index is 0.335. The van der Waals surface area contributed by atoms with Gasteiger partial charge in [0.2, 0.25) is 0 Å². The lowest BCUT2D eigenvalue weighted by molar-refractivity contribution is -0.146. The standard InChI is InChI=1S/C12H16O3/c13-11(12(14)15)9-5-4-8-10-6-2-1-3-7-10/h1-3,6-7,11,13H,4-5,8-9H2,(H,14,15). The molecule has 0 aromatic heterocycles. The fraction of sp³-hybridized carbons (Fsp3) is 0.417. The van der Waals surface area contributed by atoms with Crippen molar-refractivity contribution in [3.63, 3.8) is 0 Å². The maximum atomic E-state index is 10.3. The molecular weight excluding hydrogens is 192 g/mol. The summed E-state index contributed by atoms with van der Waals surface area (Å²) in [6.07, 6.45) is 1.72. The van der Waals surface area contributed by atoms with Crippen molar-refractivity contribution in [2.24, 2.45) is 0 Å². The van der Waals surface area contributed by atoms with Crippen LogP contribution in [0.5, 0.6) is 0 Å². The van der Waals surface area contributed by atoms with Gasteiger partial charge in [-0.1, -0.05) is 30.3 Å². The van der Waals surface area contributed by atoms with Crippen molar-refractivity contribution in [2.75, 3.05) is 0 Å². The first-order valence-electron chi connectivity index (χ1n) is 5.15. The van der Waals surface area contributed by atoms with E-state index in [-0.39, 0.29) is 0 Å². The summed E-state index contributed by atoms with van der Waals surface area (Å²) in [5, 5.41) is 17.5. The number of carboxylic acid groups (broad SMARTS) is 1. The normalized spacial score (nSPS) is 12.3. The lowest BCUT2D eigenvalue weighted by atomic mass is 10.1. The Balaban J connectivity index is 2.15. The van der Waals surface area contributed by atoms with E-state index in [0.717, 1.165) is 19.3 Å². The molecule has 0 aliphatic carbocycles. The summed E-state index contributed by atoms with van der Waals surface area (Å²) in [6.45, 7) is 0. The smallest absolute Gasteiger partial charge is 0.332 e. The van der Waals surface area contributed by atoms with Crippen molar-refractivity contribution in [1.82, 2.24) is 0 Å². The molecule has 0 spiro atoms. The summed E-state index contributed by atoms with van der Waals surface area (Å²) >= 11 is 0. The summed E-state index contributed by atoms with van der Waals surface area (Å²) in [5.74, 6) is -1.13. The minimum atomic E-state index is -1.21. The molecule has 1 unspecified atom stereocenters. The second-order valence-electron chi connectivity index (χ2n) is 3.59. The molecule has 0 aliphatic heterocycles. The number of rotatable bonds is 6. The van der Waals surface area contributed by atoms with Crippen LogP contribution in [0.2, 0.25) is 0 Å². The number of aliphatic carboxylic acids is 1. The zero-order chi connectivity index (χ0) is 11.1. The first-order valence-corrected chi connectivity index (χ1v) is 5.15. The van der Waals surface area contributed by atoms with Gasteiger partial charge in [0.25, 0.3) is 0 Å². The fourth-order valence-electron chi connectivity index (χ4n) is 1.43. The Kier molecular flexibility index (Phi) is 4.84. The van der Waals surface area contributed by atoms with Gasteiger partial charge in [0.15, 0.2) is 6.10 Å². The number of aliphatic hydroxyl groups excluding tert-OH is 1. The van der Waals surface area contributed by atoms with Crippen molar-refractivity contribution in [3.05, 3.63) is 35.9 Å². The third-order valence-electron chi connectivity index (χ3n) is 2.32. The summed E-state index contributed by atoms with van der Waals surface area (Å²) in [6, 6.07) is 10.0. The molecule has 0 bridgehead atoms. The van der Waals surface area contributed by atoms with E-state index in [2.05, 4.69) is 0 Å². The molecule has 1 rings (SSSR count). The van der Waals surface area contributed by atoms with E-state index in [1.807, 2.05) is 30.3 Å². The maximum absolute atomic E-state index is 10.3. The molecule has 0 radical (unpaired) electrons. The predicted octanol–water partition coefficient (Wildman–Crippen LogP) is 1.84. The molecule has 1 aromatic carbocycles. The predicted molar refractivity (Wildman–Crippen MR) is 57.6 cm³/mol. The topological polar surface area (TPSA) is 57.5 Å². The zero-order valence-electron chi connectivity index (χ0n) is 8.60. The quantitative estimate of drug-likeness (QED) is 0.701. The van der Waals surface area contributed by atoms with Gasteiger partial charge in [-0.25, -0.2) is 4.79 Å². The van der Waals surface area contributed by atoms with E-state index in [0.29, 0.717) is 6.42 Å². The van der Waals surface area contributed by atoms with Crippen LogP contribution in [0.15, 0.2) is 30.3 Å². The molecule has 1 aromatic rings. The van der Waals surface area contributed by atoms with Gasteiger partial charge in [-0.2, -0.15) is 0 Å². The molecule has 0 fully saturated rings. The molecule has 0 aliphatic rings. The van der Waals surface area contributed by atoms with E-state index in [1.165, 1.54) is 5.56 Å². The molecule has 0 amide bonds. The van der Waals surface area contributed by atoms with Gasteiger partial charge < -0.3 is 10.2 Å². The highest BCUT2D eigenvalue weighted by Gasteiger charge is 2.11. The highest BCUT2D eigenvalue weighted by atomic mass is 16.4. The number of unbranched alkanes of at least 4 members (excludes halogenated alkanes) is 1. The second-order valence-corrected chi connectivity index (χ2v) is 3.59. The van der Waals surface area contributed by atoms with Crippen LogP contribution in [0.4, 0.5) is 0 Å². The van der Waals surface area contributed by atoms with Crippen LogP contribution in [0.25, 0.3) is 0 Å². The van der Waals surface area contributed by atoms with Crippen molar-refractivity contribution in [1.29, 1.82) is 0 Å². The number of hydrogen-bond donors (Lipinski definition) is 2. The van der Waals surface area contributed by atoms with Crippen LogP contribution in [0, 0.1) is 0 Å². The Labute approximate surface area is 89.4 Å². The first-order chi connectivity index (χ1) is 7.20. The fourth-order valence-corrected chi connectivity index (χ4v) is 1.43. The van der Waals surface area contributed by atoms with Gasteiger partial charge in [0.1, 0.15) is 0 Å². The second kappa shape index (κ2) is 6.19. The number of benzene rings is 1. The van der Waals surface area contributed by atoms with Gasteiger partial charge in [-0.3, -0.25) is 0 Å². The third kappa shape index (κ3) is 4.61. The van der Waals surface area contributed by atoms with Gasteiger partial charge in [-0.05, 0) is 31.2 Å². The summed E-state index contributed by atoms with van der Waals surface area (Å²) < 4.78 is 0. The van der Waals surface area contributed by atoms with E-state index in [9.17, 15) is 4.79 Å². The highest BCUT2D eigenvalue weighted by molar-refractivity contribution is 5.71. The van der Waals surface area contributed by atoms with Crippen LogP contribution < -0.4 is 0 Å². The number of aliphatic hydroxyl groups is 1. The SMILES string of the molecule is O=C(O)C(O)CCCCc1ccccc1. The molecular formula is C12H16O3. The molecule has 82 valence electrons. The monoisotopic (exact) mass is 208 g/mol. The van der Waals surface area contributed by atoms with E-state index in [4.69, 9.17) is 10.2 Å². The van der Waals surface area contributed by atoms with Crippen molar-refractivity contribution in [3.8, 4) is 0 Å². The number of hydrogen-bond acceptors (Lipinski definition) is 2. The van der Waals surface area contributed by atoms with Crippen LogP contribution in [-0.4, -0.2) is 22.3 Å². The average Bonchev–Trinajstić information content (AvgIpc) is 2.25. The van der Waals surface area contributed by atoms with Gasteiger partial charge >= 0.3 is 5.97 Å². The lowest BCUT2D eigenvalue weighted by Crippen LogP contribution is -2.18. The van der Waals surface area contributed by atoms with Crippen LogP contribution in [0.3, 0.4) is 0 Å². The van der Waals surface area contributed by atoms with Gasteiger partial charge in [0, 0.05) is 0 Å². The molecule has 2 N–H and O–H groups in total. The Morgan fingerprint density at radius 3 is 2.47 bits per heavy atom. The molecule has 15 heavy (non-hydrogen) atoms. The largest absolute Gasteiger partial charge is 0.479 e. The van der Waals surface area contributed by atoms with Crippen LogP contribution >= 0.6 is 0 Å². The Morgan fingerprint density at radius 1 is 1.20 bits per heavy atom. The van der Waals surface area contributed by atoms with E-state index in [1.54, 1.807) is 0 Å². The van der Waals surface area contributed by atoms with Crippen molar-refractivity contribution < 1.29 is 15.0 Å². The Morgan fingerprint density at radius 2 is 1.87 bits per heavy atom. The van der Waals surface area contributed by atoms with Gasteiger partial charge in [0.05, 0.1) is 0 Å². The van der Waals surface area contributed by atoms with E-state index < -0.39 is 12.1 Å². The van der Waals surface area contributed by atoms with E-state index >= 15 is 0 Å². The molecule has 1 atom stereocenters. The molecule has 0 saturated heterocycles. The summed E-state index contributed by atoms with van der Waals surface area (Å²) in [5.41, 5.74) is 1.25. The zero-order valence-corrected chi connectivity index (χ0v) is 8.60. The maximum Gasteiger partial charge on any atom is 0.332 e. The Hall–Kier alpha value is -1.35. The average molecular weight is 208 g/mol. The van der Waals surface area contributed by atoms with Crippen LogP contribution in [0.1, 0.15) is 24.8 Å². The highest BCUT2D eigenvalue weighted by Crippen LogP contribution is 2.07. The minimum Gasteiger partial charge on any atom is -0.479 e. The lowest BCUT2D eigenvalue weighted by Gasteiger charge is -2.04. The summed E-state index contributed by atoms with van der Waals surface area (Å²) in [7, 11) is 0. The molecule has 0 heterocycles. The molecule has 3 nitrogen and oxygen atoms in total. The molecule has 3 heteroatoms. The first kappa shape index (κ1) is 11.7. The van der Waals surface area contributed by atoms with Crippen molar-refractivity contribution >= 4 is 5.97 Å². The van der Waals surface area contributed by atoms with Crippen LogP contribution in [-0.2, 0) is 11.2 Å². The van der Waals surface area contributed by atoms with Gasteiger partial charge in [-0.15, -0.1) is 0 Å². The summed E-state index contributed by atoms with van der Waals surface area (Å²) in [4.78, 5) is 10.3. The number of carboxylic acids is 1. The third-order valence-corrected chi connectivity index (χ3v) is 2.32. The Bertz CT molecular complexity index is 295. The van der Waals surface area contributed by atoms with Crippen molar-refractivity contribution in [2.45, 2.75) is 31.8 Å². The number of aryl methyl sites for hydroxylation is 1. The number of carbonyl (C=O) groups is 1.